The average Bonchev–Trinajstić information content (AvgIpc) is 2.61. The van der Waals surface area contributed by atoms with Crippen molar-refractivity contribution >= 4 is 5.91 Å². The summed E-state index contributed by atoms with van der Waals surface area (Å²) in [5, 5.41) is 0. The van der Waals surface area contributed by atoms with Crippen LogP contribution in [0.25, 0.3) is 0 Å². The van der Waals surface area contributed by atoms with E-state index in [4.69, 9.17) is 9.47 Å². The Morgan fingerprint density at radius 1 is 1.08 bits per heavy atom. The largest absolute Gasteiger partial charge is 0.490 e. The van der Waals surface area contributed by atoms with Crippen LogP contribution in [0.2, 0.25) is 0 Å². The van der Waals surface area contributed by atoms with E-state index in [2.05, 4.69) is 4.98 Å². The first-order valence-electron chi connectivity index (χ1n) is 8.19. The summed E-state index contributed by atoms with van der Waals surface area (Å²) in [7, 11) is 1.79. The van der Waals surface area contributed by atoms with Crippen molar-refractivity contribution in [3.63, 3.8) is 0 Å². The van der Waals surface area contributed by atoms with E-state index in [0.717, 1.165) is 11.4 Å². The van der Waals surface area contributed by atoms with Gasteiger partial charge in [0.05, 0.1) is 25.5 Å². The van der Waals surface area contributed by atoms with Gasteiger partial charge in [0.1, 0.15) is 0 Å². The van der Waals surface area contributed by atoms with E-state index in [9.17, 15) is 4.79 Å². The fourth-order valence-electron chi connectivity index (χ4n) is 2.26. The summed E-state index contributed by atoms with van der Waals surface area (Å²) in [6, 6.07) is 13.3. The third kappa shape index (κ3) is 5.57. The van der Waals surface area contributed by atoms with Gasteiger partial charge in [0.2, 0.25) is 5.91 Å². The van der Waals surface area contributed by atoms with Gasteiger partial charge in [-0.3, -0.25) is 9.78 Å². The van der Waals surface area contributed by atoms with Crippen LogP contribution in [0.3, 0.4) is 0 Å². The molecule has 0 aliphatic heterocycles. The molecular weight excluding hydrogens is 304 g/mol. The van der Waals surface area contributed by atoms with Crippen molar-refractivity contribution in [3.8, 4) is 11.5 Å². The number of hydrogen-bond acceptors (Lipinski definition) is 4. The second kappa shape index (κ2) is 9.55. The standard InChI is InChI=1S/C19H24N2O3/c1-3-23-17-10-4-5-11-18(17)24-14-8-12-19(22)21(2)15-16-9-6-7-13-20-16/h4-7,9-11,13H,3,8,12,14-15H2,1-2H3. The molecule has 0 radical (unpaired) electrons. The minimum Gasteiger partial charge on any atom is -0.490 e. The third-order valence-electron chi connectivity index (χ3n) is 3.49. The molecule has 0 N–H and O–H groups in total. The minimum absolute atomic E-state index is 0.0855. The Hall–Kier alpha value is -2.56. The quantitative estimate of drug-likeness (QED) is 0.663. The highest BCUT2D eigenvalue weighted by Crippen LogP contribution is 2.26. The van der Waals surface area contributed by atoms with Crippen molar-refractivity contribution in [1.82, 2.24) is 9.88 Å². The Kier molecular flexibility index (Phi) is 7.08. The Morgan fingerprint density at radius 3 is 2.46 bits per heavy atom. The van der Waals surface area contributed by atoms with Gasteiger partial charge < -0.3 is 14.4 Å². The zero-order valence-corrected chi connectivity index (χ0v) is 14.3. The maximum atomic E-state index is 12.1. The van der Waals surface area contributed by atoms with Gasteiger partial charge in [-0.1, -0.05) is 18.2 Å². The van der Waals surface area contributed by atoms with E-state index in [1.807, 2.05) is 49.4 Å². The van der Waals surface area contributed by atoms with Gasteiger partial charge in [-0.25, -0.2) is 0 Å². The maximum Gasteiger partial charge on any atom is 0.222 e. The molecular formula is C19H24N2O3. The molecule has 2 rings (SSSR count). The van der Waals surface area contributed by atoms with Gasteiger partial charge in [-0.2, -0.15) is 0 Å². The average molecular weight is 328 g/mol. The van der Waals surface area contributed by atoms with Gasteiger partial charge in [0.25, 0.3) is 0 Å². The van der Waals surface area contributed by atoms with Crippen LogP contribution >= 0.6 is 0 Å². The van der Waals surface area contributed by atoms with Gasteiger partial charge in [0, 0.05) is 19.7 Å². The summed E-state index contributed by atoms with van der Waals surface area (Å²) >= 11 is 0. The molecule has 0 aliphatic rings. The predicted octanol–water partition coefficient (Wildman–Crippen LogP) is 3.30. The lowest BCUT2D eigenvalue weighted by molar-refractivity contribution is -0.130. The van der Waals surface area contributed by atoms with E-state index < -0.39 is 0 Å². The van der Waals surface area contributed by atoms with Crippen LogP contribution in [0, 0.1) is 0 Å². The third-order valence-corrected chi connectivity index (χ3v) is 3.49. The minimum atomic E-state index is 0.0855. The molecule has 2 aromatic rings. The highest BCUT2D eigenvalue weighted by Gasteiger charge is 2.10. The molecule has 0 bridgehead atoms. The van der Waals surface area contributed by atoms with Crippen molar-refractivity contribution in [2.24, 2.45) is 0 Å². The number of para-hydroxylation sites is 2. The Bertz CT molecular complexity index is 632. The molecule has 0 saturated carbocycles. The second-order valence-electron chi connectivity index (χ2n) is 5.40. The normalized spacial score (nSPS) is 10.2. The van der Waals surface area contributed by atoms with Crippen LogP contribution < -0.4 is 9.47 Å². The second-order valence-corrected chi connectivity index (χ2v) is 5.40. The van der Waals surface area contributed by atoms with Crippen molar-refractivity contribution in [1.29, 1.82) is 0 Å². The fraction of sp³-hybridized carbons (Fsp3) is 0.368. The number of aromatic nitrogens is 1. The van der Waals surface area contributed by atoms with Crippen LogP contribution in [-0.2, 0) is 11.3 Å². The summed E-state index contributed by atoms with van der Waals surface area (Å²) in [6.07, 6.45) is 2.84. The number of amides is 1. The van der Waals surface area contributed by atoms with Crippen LogP contribution in [0.15, 0.2) is 48.7 Å². The lowest BCUT2D eigenvalue weighted by atomic mass is 10.2. The van der Waals surface area contributed by atoms with E-state index in [1.54, 1.807) is 18.1 Å². The molecule has 24 heavy (non-hydrogen) atoms. The molecule has 1 aromatic heterocycles. The number of nitrogens with zero attached hydrogens (tertiary/aromatic N) is 2. The SMILES string of the molecule is CCOc1ccccc1OCCCC(=O)N(C)Cc1ccccn1. The molecule has 0 saturated heterocycles. The highest BCUT2D eigenvalue weighted by molar-refractivity contribution is 5.75. The number of benzene rings is 1. The molecule has 0 aliphatic carbocycles. The molecule has 5 heteroatoms. The lowest BCUT2D eigenvalue weighted by Crippen LogP contribution is -2.26. The Labute approximate surface area is 143 Å². The van der Waals surface area contributed by atoms with E-state index >= 15 is 0 Å². The smallest absolute Gasteiger partial charge is 0.222 e. The first kappa shape index (κ1) is 17.8. The first-order chi connectivity index (χ1) is 11.7. The number of hydrogen-bond donors (Lipinski definition) is 0. The molecule has 0 fully saturated rings. The summed E-state index contributed by atoms with van der Waals surface area (Å²) < 4.78 is 11.2. The van der Waals surface area contributed by atoms with Crippen molar-refractivity contribution in [2.75, 3.05) is 20.3 Å². The molecule has 5 nitrogen and oxygen atoms in total. The Balaban J connectivity index is 1.73. The maximum absolute atomic E-state index is 12.1. The molecule has 1 heterocycles. The van der Waals surface area contributed by atoms with Crippen LogP contribution in [0.5, 0.6) is 11.5 Å². The van der Waals surface area contributed by atoms with Crippen LogP contribution in [-0.4, -0.2) is 36.1 Å². The number of rotatable bonds is 9. The zero-order valence-electron chi connectivity index (χ0n) is 14.3. The van der Waals surface area contributed by atoms with E-state index in [-0.39, 0.29) is 5.91 Å². The summed E-state index contributed by atoms with van der Waals surface area (Å²) in [6.45, 7) is 3.53. The first-order valence-corrected chi connectivity index (χ1v) is 8.19. The number of ether oxygens (including phenoxy) is 2. The predicted molar refractivity (Wildman–Crippen MR) is 93.1 cm³/mol. The van der Waals surface area contributed by atoms with Crippen molar-refractivity contribution in [2.45, 2.75) is 26.3 Å². The summed E-state index contributed by atoms with van der Waals surface area (Å²) in [5.74, 6) is 1.54. The fourth-order valence-corrected chi connectivity index (χ4v) is 2.26. The summed E-state index contributed by atoms with van der Waals surface area (Å²) in [4.78, 5) is 18.1. The molecule has 0 unspecified atom stereocenters. The molecule has 0 atom stereocenters. The summed E-state index contributed by atoms with van der Waals surface area (Å²) in [5.41, 5.74) is 0.884. The van der Waals surface area contributed by atoms with E-state index in [0.29, 0.717) is 38.3 Å². The monoisotopic (exact) mass is 328 g/mol. The van der Waals surface area contributed by atoms with Gasteiger partial charge in [-0.15, -0.1) is 0 Å². The molecule has 1 aromatic carbocycles. The van der Waals surface area contributed by atoms with E-state index in [1.165, 1.54) is 0 Å². The van der Waals surface area contributed by atoms with Gasteiger partial charge in [-0.05, 0) is 37.6 Å². The van der Waals surface area contributed by atoms with Crippen LogP contribution in [0.1, 0.15) is 25.5 Å². The van der Waals surface area contributed by atoms with Crippen molar-refractivity contribution < 1.29 is 14.3 Å². The molecule has 0 spiro atoms. The van der Waals surface area contributed by atoms with Crippen LogP contribution in [0.4, 0.5) is 0 Å². The van der Waals surface area contributed by atoms with Crippen molar-refractivity contribution in [3.05, 3.63) is 54.4 Å². The lowest BCUT2D eigenvalue weighted by Gasteiger charge is -2.17. The number of carbonyl (C=O) groups excluding carboxylic acids is 1. The molecule has 128 valence electrons. The number of pyridine rings is 1. The zero-order chi connectivity index (χ0) is 17.2. The number of carbonyl (C=O) groups is 1. The topological polar surface area (TPSA) is 51.7 Å². The van der Waals surface area contributed by atoms with Gasteiger partial charge >= 0.3 is 0 Å². The van der Waals surface area contributed by atoms with Gasteiger partial charge in [0.15, 0.2) is 11.5 Å². The Morgan fingerprint density at radius 2 is 1.79 bits per heavy atom. The highest BCUT2D eigenvalue weighted by atomic mass is 16.5. The molecule has 1 amide bonds.